The van der Waals surface area contributed by atoms with E-state index in [4.69, 9.17) is 9.47 Å². The van der Waals surface area contributed by atoms with Crippen LogP contribution in [0.3, 0.4) is 0 Å². The van der Waals surface area contributed by atoms with Crippen molar-refractivity contribution in [2.75, 3.05) is 12.1 Å². The maximum absolute atomic E-state index is 12.4. The first-order valence-electron chi connectivity index (χ1n) is 9.28. The van der Waals surface area contributed by atoms with Crippen LogP contribution in [-0.2, 0) is 6.54 Å². The second-order valence-corrected chi connectivity index (χ2v) is 6.75. The van der Waals surface area contributed by atoms with Gasteiger partial charge in [-0.2, -0.15) is 5.10 Å². The standard InChI is InChI=1S/C21H15F3N4O3/c22-21(23,24)31-15-4-2-14(3-5-15)16-11-26-28-8-7-19(27-20(16)28)25-10-13-1-6-17-18(9-13)30-12-29-17/h1-9,11H,10,12H2,(H,25,27). The molecule has 1 aliphatic heterocycles. The molecule has 1 aliphatic rings. The lowest BCUT2D eigenvalue weighted by Gasteiger charge is -2.09. The maximum Gasteiger partial charge on any atom is 0.573 e. The van der Waals surface area contributed by atoms with E-state index < -0.39 is 6.36 Å². The molecule has 0 saturated carbocycles. The predicted octanol–water partition coefficient (Wildman–Crippen LogP) is 4.64. The van der Waals surface area contributed by atoms with Crippen LogP contribution in [0.25, 0.3) is 16.8 Å². The van der Waals surface area contributed by atoms with Crippen molar-refractivity contribution in [3.8, 4) is 28.4 Å². The summed E-state index contributed by atoms with van der Waals surface area (Å²) >= 11 is 0. The van der Waals surface area contributed by atoms with Gasteiger partial charge in [0.15, 0.2) is 17.1 Å². The van der Waals surface area contributed by atoms with Crippen molar-refractivity contribution in [3.63, 3.8) is 0 Å². The van der Waals surface area contributed by atoms with E-state index in [1.54, 1.807) is 23.0 Å². The van der Waals surface area contributed by atoms with Crippen LogP contribution < -0.4 is 19.5 Å². The minimum Gasteiger partial charge on any atom is -0.454 e. The average molecular weight is 428 g/mol. The minimum absolute atomic E-state index is 0.220. The highest BCUT2D eigenvalue weighted by atomic mass is 19.4. The zero-order valence-electron chi connectivity index (χ0n) is 15.9. The van der Waals surface area contributed by atoms with Crippen LogP contribution in [0.5, 0.6) is 17.2 Å². The van der Waals surface area contributed by atoms with Crippen molar-refractivity contribution in [1.82, 2.24) is 14.6 Å². The normalized spacial score (nSPS) is 12.9. The van der Waals surface area contributed by atoms with Crippen molar-refractivity contribution in [2.24, 2.45) is 0 Å². The molecule has 3 heterocycles. The molecular formula is C21H15F3N4O3. The Morgan fingerprint density at radius 3 is 2.65 bits per heavy atom. The molecule has 0 saturated heterocycles. The fraction of sp³-hybridized carbons (Fsp3) is 0.143. The van der Waals surface area contributed by atoms with E-state index in [2.05, 4.69) is 20.1 Å². The summed E-state index contributed by atoms with van der Waals surface area (Å²) < 4.78 is 53.3. The number of ether oxygens (including phenoxy) is 3. The highest BCUT2D eigenvalue weighted by molar-refractivity contribution is 5.78. The van der Waals surface area contributed by atoms with E-state index in [0.717, 1.165) is 11.3 Å². The topological polar surface area (TPSA) is 69.9 Å². The molecule has 0 amide bonds. The lowest BCUT2D eigenvalue weighted by molar-refractivity contribution is -0.274. The average Bonchev–Trinajstić information content (AvgIpc) is 3.38. The van der Waals surface area contributed by atoms with Gasteiger partial charge in [0.25, 0.3) is 0 Å². The molecule has 158 valence electrons. The van der Waals surface area contributed by atoms with Gasteiger partial charge >= 0.3 is 6.36 Å². The SMILES string of the molecule is FC(F)(F)Oc1ccc(-c2cnn3ccc(NCc4ccc5c(c4)OCO5)nc23)cc1. The van der Waals surface area contributed by atoms with Crippen molar-refractivity contribution < 1.29 is 27.4 Å². The number of anilines is 1. The Labute approximate surface area is 174 Å². The Hall–Kier alpha value is -3.95. The third-order valence-electron chi connectivity index (χ3n) is 4.68. The first-order chi connectivity index (χ1) is 14.9. The Morgan fingerprint density at radius 1 is 1.03 bits per heavy atom. The fourth-order valence-electron chi connectivity index (χ4n) is 3.25. The van der Waals surface area contributed by atoms with Crippen LogP contribution in [0.4, 0.5) is 19.0 Å². The van der Waals surface area contributed by atoms with Gasteiger partial charge in [0.05, 0.1) is 6.20 Å². The smallest absolute Gasteiger partial charge is 0.454 e. The molecule has 0 atom stereocenters. The van der Waals surface area contributed by atoms with Gasteiger partial charge < -0.3 is 19.5 Å². The Morgan fingerprint density at radius 2 is 1.84 bits per heavy atom. The minimum atomic E-state index is -4.73. The number of alkyl halides is 3. The van der Waals surface area contributed by atoms with Crippen molar-refractivity contribution in [1.29, 1.82) is 0 Å². The zero-order chi connectivity index (χ0) is 21.4. The molecule has 0 bridgehead atoms. The summed E-state index contributed by atoms with van der Waals surface area (Å²) in [7, 11) is 0. The Bertz CT molecular complexity index is 1240. The van der Waals surface area contributed by atoms with E-state index in [-0.39, 0.29) is 12.5 Å². The third kappa shape index (κ3) is 4.04. The van der Waals surface area contributed by atoms with E-state index in [1.807, 2.05) is 18.2 Å². The fourth-order valence-corrected chi connectivity index (χ4v) is 3.25. The molecule has 7 nitrogen and oxygen atoms in total. The summed E-state index contributed by atoms with van der Waals surface area (Å²) in [5, 5.41) is 7.51. The van der Waals surface area contributed by atoms with Crippen LogP contribution in [0.15, 0.2) is 60.9 Å². The molecule has 0 aliphatic carbocycles. The van der Waals surface area contributed by atoms with E-state index in [0.29, 0.717) is 34.9 Å². The molecule has 1 N–H and O–H groups in total. The molecule has 10 heteroatoms. The number of aromatic nitrogens is 3. The molecule has 0 fully saturated rings. The molecule has 2 aromatic carbocycles. The molecule has 0 spiro atoms. The van der Waals surface area contributed by atoms with Gasteiger partial charge in [0.2, 0.25) is 6.79 Å². The lowest BCUT2D eigenvalue weighted by Crippen LogP contribution is -2.16. The first kappa shape index (κ1) is 19.0. The number of hydrogen-bond acceptors (Lipinski definition) is 6. The maximum atomic E-state index is 12.4. The summed E-state index contributed by atoms with van der Waals surface area (Å²) in [6.45, 7) is 0.741. The summed E-state index contributed by atoms with van der Waals surface area (Å²) in [6, 6.07) is 13.1. The van der Waals surface area contributed by atoms with E-state index in [1.165, 1.54) is 24.3 Å². The number of hydrogen-bond donors (Lipinski definition) is 1. The number of nitrogens with one attached hydrogen (secondary N) is 1. The molecule has 2 aromatic heterocycles. The van der Waals surface area contributed by atoms with Gasteiger partial charge in [-0.3, -0.25) is 0 Å². The van der Waals surface area contributed by atoms with Crippen LogP contribution >= 0.6 is 0 Å². The summed E-state index contributed by atoms with van der Waals surface area (Å²) in [5.41, 5.74) is 2.93. The second kappa shape index (κ2) is 7.38. The van der Waals surface area contributed by atoms with Crippen molar-refractivity contribution in [3.05, 3.63) is 66.5 Å². The van der Waals surface area contributed by atoms with Crippen LogP contribution in [0.1, 0.15) is 5.56 Å². The number of fused-ring (bicyclic) bond motifs is 2. The van der Waals surface area contributed by atoms with E-state index in [9.17, 15) is 13.2 Å². The largest absolute Gasteiger partial charge is 0.573 e. The van der Waals surface area contributed by atoms with Gasteiger partial charge in [-0.1, -0.05) is 18.2 Å². The molecule has 4 aromatic rings. The summed E-state index contributed by atoms with van der Waals surface area (Å²) in [6.07, 6.45) is -1.36. The monoisotopic (exact) mass is 428 g/mol. The van der Waals surface area contributed by atoms with Gasteiger partial charge in [0, 0.05) is 18.3 Å². The van der Waals surface area contributed by atoms with Crippen molar-refractivity contribution >= 4 is 11.5 Å². The quantitative estimate of drug-likeness (QED) is 0.500. The van der Waals surface area contributed by atoms with Crippen LogP contribution in [-0.4, -0.2) is 27.8 Å². The lowest BCUT2D eigenvalue weighted by atomic mass is 10.1. The first-order valence-corrected chi connectivity index (χ1v) is 9.28. The van der Waals surface area contributed by atoms with Gasteiger partial charge in [-0.05, 0) is 41.5 Å². The van der Waals surface area contributed by atoms with Crippen molar-refractivity contribution in [2.45, 2.75) is 12.9 Å². The Kier molecular flexibility index (Phi) is 4.54. The number of halogens is 3. The third-order valence-corrected chi connectivity index (χ3v) is 4.68. The van der Waals surface area contributed by atoms with Gasteiger partial charge in [0.1, 0.15) is 11.6 Å². The molecule has 0 radical (unpaired) electrons. The summed E-state index contributed by atoms with van der Waals surface area (Å²) in [5.74, 6) is 1.77. The molecule has 0 unspecified atom stereocenters. The molecular weight excluding hydrogens is 413 g/mol. The Balaban J connectivity index is 1.36. The number of nitrogens with zero attached hydrogens (tertiary/aromatic N) is 3. The van der Waals surface area contributed by atoms with Gasteiger partial charge in [-0.25, -0.2) is 9.50 Å². The zero-order valence-corrected chi connectivity index (χ0v) is 15.9. The second-order valence-electron chi connectivity index (χ2n) is 6.75. The predicted molar refractivity (Wildman–Crippen MR) is 105 cm³/mol. The number of benzene rings is 2. The number of rotatable bonds is 5. The van der Waals surface area contributed by atoms with Crippen LogP contribution in [0, 0.1) is 0 Å². The highest BCUT2D eigenvalue weighted by Crippen LogP contribution is 2.33. The molecule has 5 rings (SSSR count). The van der Waals surface area contributed by atoms with Gasteiger partial charge in [-0.15, -0.1) is 13.2 Å². The summed E-state index contributed by atoms with van der Waals surface area (Å²) in [4.78, 5) is 4.60. The molecule has 31 heavy (non-hydrogen) atoms. The van der Waals surface area contributed by atoms with E-state index >= 15 is 0 Å². The highest BCUT2D eigenvalue weighted by Gasteiger charge is 2.31. The van der Waals surface area contributed by atoms with Crippen LogP contribution in [0.2, 0.25) is 0 Å².